The maximum Gasteiger partial charge on any atom is 0.338 e. The Bertz CT molecular complexity index is 4280. The van der Waals surface area contributed by atoms with Gasteiger partial charge in [-0.3, -0.25) is 9.59 Å². The van der Waals surface area contributed by atoms with Gasteiger partial charge in [-0.2, -0.15) is 0 Å². The van der Waals surface area contributed by atoms with Crippen molar-refractivity contribution in [1.29, 1.82) is 0 Å². The lowest BCUT2D eigenvalue weighted by Gasteiger charge is -2.35. The van der Waals surface area contributed by atoms with Gasteiger partial charge in [0.1, 0.15) is 75.2 Å². The molecule has 0 spiro atoms. The van der Waals surface area contributed by atoms with Gasteiger partial charge in [-0.05, 0) is 184 Å². The van der Waals surface area contributed by atoms with Crippen molar-refractivity contribution in [2.45, 2.75) is 203 Å². The smallest absolute Gasteiger partial charge is 0.338 e. The molecule has 0 saturated carbocycles. The molecule has 1 N–H and O–H groups in total. The maximum atomic E-state index is 13.5. The van der Waals surface area contributed by atoms with Gasteiger partial charge in [0.25, 0.3) is 0 Å². The molecule has 2 aliphatic carbocycles. The molecule has 0 aromatic heterocycles. The molecular formula is C94H151N7O10S+2. The van der Waals surface area contributed by atoms with Gasteiger partial charge in [-0.15, -0.1) is 0 Å². The summed E-state index contributed by atoms with van der Waals surface area (Å²) in [6.45, 7) is 61.9. The molecule has 0 unspecified atom stereocenters. The molecule has 0 amide bonds. The van der Waals surface area contributed by atoms with Gasteiger partial charge in [0, 0.05) is 107 Å². The molecule has 4 aromatic rings. The molecule has 4 aromatic carbocycles. The van der Waals surface area contributed by atoms with Crippen LogP contribution in [0.15, 0.2) is 135 Å². The molecule has 0 saturated heterocycles. The number of sulfonamides is 1. The number of esters is 3. The molecule has 8 rings (SSSR count). The van der Waals surface area contributed by atoms with Gasteiger partial charge >= 0.3 is 17.9 Å². The fourth-order valence-electron chi connectivity index (χ4n) is 12.7. The fourth-order valence-corrected chi connectivity index (χ4v) is 13.9. The summed E-state index contributed by atoms with van der Waals surface area (Å²) >= 11 is 0. The standard InChI is InChI=1S/C32H39N2O3.C31H40N3O3S.C14H30NO2.C11H24NO2.2C2H6.2CH3/c1-6-11-20-36-32(35)26-15-13-12-14-25(26)31-27-18-16-23(33(7-2)8-3)21-29(27)37-30-22-24(17-19-28(30)31)34(9-4)10-5;1-6-11-20-32-38(35,36)30-15-13-12-14-27(30)31-25-18-16-23(33(7-2)8-3)21-28(25)37-29-22-24(17-19-26(29)31)34(9-4)10-5;1-7-14(5,6)13(16)17-12-11-15(8-2,9-3)10-4;1-7-11(2,3)10(13)14-9-8-12(4,5)6;2*1-2;;/h12-19,21-22H,6-11,20H2,1-5H3;12-19,21-22,32H,6-11,20H2,1-5H3;7-12H2,1-6H3;7-9H2,1-6H3;2*1-2H3;2*1H3/q4*+1;;;2*-1. The zero-order chi connectivity index (χ0) is 82.6. The van der Waals surface area contributed by atoms with Gasteiger partial charge in [-0.25, -0.2) is 27.1 Å². The van der Waals surface area contributed by atoms with Gasteiger partial charge in [0.2, 0.25) is 20.7 Å². The number of unbranched alkanes of at least 4 members (excludes halogenated alkanes) is 2. The number of carbonyl (C=O) groups excluding carboxylic acids is 3. The molecule has 17 nitrogen and oxygen atoms in total. The monoisotopic (exact) mass is 1570 g/mol. The molecular weight excluding hydrogens is 1420 g/mol. The van der Waals surface area contributed by atoms with Crippen LogP contribution in [0.2, 0.25) is 0 Å². The van der Waals surface area contributed by atoms with E-state index in [0.717, 1.165) is 216 Å². The first-order chi connectivity index (χ1) is 52.5. The van der Waals surface area contributed by atoms with Gasteiger partial charge < -0.3 is 56.7 Å². The zero-order valence-corrected chi connectivity index (χ0v) is 75.8. The molecule has 2 aliphatic heterocycles. The van der Waals surface area contributed by atoms with Gasteiger partial charge in [0.05, 0.1) is 80.8 Å². The van der Waals surface area contributed by atoms with Crippen LogP contribution in [0.3, 0.4) is 0 Å². The van der Waals surface area contributed by atoms with Crippen LogP contribution in [0.5, 0.6) is 0 Å². The second-order valence-corrected chi connectivity index (χ2v) is 31.2. The Kier molecular flexibility index (Phi) is 45.9. The van der Waals surface area contributed by atoms with Crippen molar-refractivity contribution in [3.05, 3.63) is 152 Å². The summed E-state index contributed by atoms with van der Waals surface area (Å²) in [6, 6.07) is 40.3. The van der Waals surface area contributed by atoms with Crippen LogP contribution in [0.25, 0.3) is 66.8 Å². The Morgan fingerprint density at radius 2 is 0.875 bits per heavy atom. The lowest BCUT2D eigenvalue weighted by Crippen LogP contribution is -2.50. The summed E-state index contributed by atoms with van der Waals surface area (Å²) in [6.07, 6.45) is 5.18. The number of carbonyl (C=O) groups is 3. The highest BCUT2D eigenvalue weighted by atomic mass is 32.2. The van der Waals surface area contributed by atoms with E-state index in [9.17, 15) is 22.8 Å². The molecule has 0 atom stereocenters. The van der Waals surface area contributed by atoms with Crippen molar-refractivity contribution >= 4 is 61.2 Å². The van der Waals surface area contributed by atoms with Gasteiger partial charge in [0.15, 0.2) is 0 Å². The van der Waals surface area contributed by atoms with E-state index in [1.54, 1.807) is 12.1 Å². The SMILES string of the molecule is CC.CC.CCC(C)(C)C(=O)OCC[N+](C)(C)C.CCC(C)(C)C(=O)OCC[N+](CC)(CC)CC.CCCCNS(=O)(=O)c1ccccc1-c1c2ccc(=[N+](CC)CC)cc-2oc2cc(N(CC)CC)ccc12.CCCCOC(=O)c1ccccc1-c1c2ccc(=[N+](CC)CC)cc-2oc2cc(N(CC)CC)ccc12.[CH3-].[CH3-]. The Balaban J connectivity index is 0.000000788. The Hall–Kier alpha value is -7.90. The van der Waals surface area contributed by atoms with Crippen LogP contribution in [0.1, 0.15) is 208 Å². The van der Waals surface area contributed by atoms with Crippen LogP contribution in [0.4, 0.5) is 11.4 Å². The van der Waals surface area contributed by atoms with Crippen molar-refractivity contribution in [3.63, 3.8) is 0 Å². The number of benzene rings is 6. The lowest BCUT2D eigenvalue weighted by atomic mass is 9.90. The molecule has 112 heavy (non-hydrogen) atoms. The summed E-state index contributed by atoms with van der Waals surface area (Å²) < 4.78 is 65.6. The third-order valence-corrected chi connectivity index (χ3v) is 22.5. The molecule has 626 valence electrons. The molecule has 0 bridgehead atoms. The maximum absolute atomic E-state index is 13.5. The zero-order valence-electron chi connectivity index (χ0n) is 75.0. The number of anilines is 2. The van der Waals surface area contributed by atoms with Crippen LogP contribution in [-0.4, -0.2) is 168 Å². The highest BCUT2D eigenvalue weighted by Gasteiger charge is 2.31. The molecule has 2 heterocycles. The van der Waals surface area contributed by atoms with E-state index >= 15 is 0 Å². The van der Waals surface area contributed by atoms with Crippen molar-refractivity contribution in [2.24, 2.45) is 10.8 Å². The minimum atomic E-state index is -3.70. The third-order valence-electron chi connectivity index (χ3n) is 21.0. The van der Waals surface area contributed by atoms with Crippen molar-refractivity contribution in [2.75, 3.05) is 142 Å². The average Bonchev–Trinajstić information content (AvgIpc) is 0.751. The van der Waals surface area contributed by atoms with Crippen molar-refractivity contribution in [3.8, 4) is 44.9 Å². The fraction of sp³-hybridized carbons (Fsp3) is 0.543. The number of nitrogens with one attached hydrogen (secondary N) is 1. The van der Waals surface area contributed by atoms with E-state index in [4.69, 9.17) is 23.0 Å². The number of quaternary nitrogens is 2. The number of nitrogens with zero attached hydrogens (tertiary/aromatic N) is 6. The second-order valence-electron chi connectivity index (χ2n) is 29.4. The van der Waals surface area contributed by atoms with E-state index in [1.165, 1.54) is 0 Å². The quantitative estimate of drug-likeness (QED) is 0.00773. The Morgan fingerprint density at radius 3 is 1.27 bits per heavy atom. The van der Waals surface area contributed by atoms with Crippen LogP contribution >= 0.6 is 0 Å². The molecule has 0 radical (unpaired) electrons. The van der Waals surface area contributed by atoms with Crippen LogP contribution in [-0.2, 0) is 33.8 Å². The second kappa shape index (κ2) is 50.4. The predicted octanol–water partition coefficient (Wildman–Crippen LogP) is 20.2. The number of hydrogen-bond acceptors (Lipinski definition) is 12. The van der Waals surface area contributed by atoms with E-state index in [0.29, 0.717) is 37.5 Å². The van der Waals surface area contributed by atoms with E-state index < -0.39 is 10.0 Å². The number of hydrogen-bond donors (Lipinski definition) is 1. The highest BCUT2D eigenvalue weighted by Crippen LogP contribution is 2.45. The summed E-state index contributed by atoms with van der Waals surface area (Å²) in [5, 5.41) is 4.07. The minimum absolute atomic E-state index is 0. The molecule has 18 heteroatoms. The predicted molar refractivity (Wildman–Crippen MR) is 477 cm³/mol. The van der Waals surface area contributed by atoms with E-state index in [1.807, 2.05) is 113 Å². The largest absolute Gasteiger partial charge is 0.462 e. The topological polar surface area (TPSA) is 164 Å². The first kappa shape index (κ1) is 102. The van der Waals surface area contributed by atoms with E-state index in [2.05, 4.69) is 201 Å². The van der Waals surface area contributed by atoms with Crippen molar-refractivity contribution < 1.29 is 54.8 Å². The summed E-state index contributed by atoms with van der Waals surface area (Å²) in [4.78, 5) is 41.4. The number of likely N-dealkylation sites (N-methyl/N-ethyl adjacent to an activating group) is 2. The first-order valence-corrected chi connectivity index (χ1v) is 43.0. The van der Waals surface area contributed by atoms with Crippen LogP contribution in [0, 0.1) is 25.7 Å². The van der Waals surface area contributed by atoms with Crippen LogP contribution < -0.4 is 34.4 Å². The molecule has 0 fully saturated rings. The van der Waals surface area contributed by atoms with Crippen molar-refractivity contribution in [1.82, 2.24) is 13.9 Å². The summed E-state index contributed by atoms with van der Waals surface area (Å²) in [5.41, 5.74) is 8.90. The number of rotatable bonds is 34. The minimum Gasteiger partial charge on any atom is -0.462 e. The summed E-state index contributed by atoms with van der Waals surface area (Å²) in [5.74, 6) is 1.10. The Morgan fingerprint density at radius 1 is 0.473 bits per heavy atom. The Labute approximate surface area is 679 Å². The number of fused-ring (bicyclic) bond motifs is 4. The lowest BCUT2D eigenvalue weighted by molar-refractivity contribution is -0.923. The highest BCUT2D eigenvalue weighted by molar-refractivity contribution is 7.89. The normalized spacial score (nSPS) is 11.3. The summed E-state index contributed by atoms with van der Waals surface area (Å²) in [7, 11) is 2.54. The van der Waals surface area contributed by atoms with Gasteiger partial charge in [-0.1, -0.05) is 105 Å². The third kappa shape index (κ3) is 28.3. The van der Waals surface area contributed by atoms with E-state index in [-0.39, 0.29) is 48.5 Å². The average molecular weight is 1570 g/mol. The molecule has 4 aliphatic rings. The first-order valence-electron chi connectivity index (χ1n) is 41.5. The number of ether oxygens (including phenoxy) is 3.